The third kappa shape index (κ3) is 3.38. The standard InChI is InChI=1S/C20H23NO/c1-15-11-13-18(14-12-15)21-20(22)19(17-9-5-6-10-17)16-7-3-2-4-8-16/h2-4,7-8,11-14,17,19H,5-6,9-10H2,1H3,(H,21,22)/t19-/m1/s1. The maximum atomic E-state index is 12.9. The van der Waals surface area contributed by atoms with Gasteiger partial charge in [-0.25, -0.2) is 0 Å². The Balaban J connectivity index is 1.82. The minimum atomic E-state index is -0.0370. The van der Waals surface area contributed by atoms with Gasteiger partial charge in [-0.1, -0.05) is 60.9 Å². The molecule has 0 unspecified atom stereocenters. The highest BCUT2D eigenvalue weighted by atomic mass is 16.1. The summed E-state index contributed by atoms with van der Waals surface area (Å²) < 4.78 is 0. The van der Waals surface area contributed by atoms with Gasteiger partial charge in [0.15, 0.2) is 0 Å². The lowest BCUT2D eigenvalue weighted by molar-refractivity contribution is -0.118. The van der Waals surface area contributed by atoms with Gasteiger partial charge >= 0.3 is 0 Å². The van der Waals surface area contributed by atoms with E-state index in [9.17, 15) is 4.79 Å². The Morgan fingerprint density at radius 2 is 1.64 bits per heavy atom. The summed E-state index contributed by atoms with van der Waals surface area (Å²) in [5, 5.41) is 3.11. The molecule has 1 amide bonds. The second-order valence-electron chi connectivity index (χ2n) is 6.29. The molecule has 2 heteroatoms. The smallest absolute Gasteiger partial charge is 0.232 e. The number of amides is 1. The molecule has 22 heavy (non-hydrogen) atoms. The number of anilines is 1. The van der Waals surface area contributed by atoms with Gasteiger partial charge in [0, 0.05) is 5.69 Å². The number of aryl methyl sites for hydroxylation is 1. The normalized spacial score (nSPS) is 16.4. The fourth-order valence-electron chi connectivity index (χ4n) is 3.45. The first-order valence-corrected chi connectivity index (χ1v) is 8.16. The van der Waals surface area contributed by atoms with Crippen molar-refractivity contribution in [3.63, 3.8) is 0 Å². The van der Waals surface area contributed by atoms with Crippen molar-refractivity contribution in [3.8, 4) is 0 Å². The Bertz CT molecular complexity index is 612. The lowest BCUT2D eigenvalue weighted by atomic mass is 9.84. The van der Waals surface area contributed by atoms with Crippen molar-refractivity contribution >= 4 is 11.6 Å². The Morgan fingerprint density at radius 3 is 2.27 bits per heavy atom. The quantitative estimate of drug-likeness (QED) is 0.852. The molecule has 1 aliphatic carbocycles. The van der Waals surface area contributed by atoms with Gasteiger partial charge in [0.05, 0.1) is 5.92 Å². The monoisotopic (exact) mass is 293 g/mol. The van der Waals surface area contributed by atoms with Crippen LogP contribution in [0, 0.1) is 12.8 Å². The molecule has 1 N–H and O–H groups in total. The van der Waals surface area contributed by atoms with Crippen molar-refractivity contribution in [2.75, 3.05) is 5.32 Å². The molecule has 1 saturated carbocycles. The van der Waals surface area contributed by atoms with Crippen LogP contribution in [0.1, 0.15) is 42.7 Å². The average Bonchev–Trinajstić information content (AvgIpc) is 3.05. The van der Waals surface area contributed by atoms with Crippen LogP contribution in [-0.4, -0.2) is 5.91 Å². The van der Waals surface area contributed by atoms with Crippen LogP contribution in [-0.2, 0) is 4.79 Å². The molecule has 2 aromatic carbocycles. The summed E-state index contributed by atoms with van der Waals surface area (Å²) in [6, 6.07) is 18.2. The van der Waals surface area contributed by atoms with Crippen molar-refractivity contribution < 1.29 is 4.79 Å². The lowest BCUT2D eigenvalue weighted by Crippen LogP contribution is -2.26. The summed E-state index contributed by atoms with van der Waals surface area (Å²) in [7, 11) is 0. The van der Waals surface area contributed by atoms with Crippen LogP contribution < -0.4 is 5.32 Å². The maximum Gasteiger partial charge on any atom is 0.232 e. The van der Waals surface area contributed by atoms with Gasteiger partial charge in [0.25, 0.3) is 0 Å². The zero-order valence-electron chi connectivity index (χ0n) is 13.1. The number of nitrogens with one attached hydrogen (secondary N) is 1. The first-order valence-electron chi connectivity index (χ1n) is 8.16. The van der Waals surface area contributed by atoms with E-state index in [1.807, 2.05) is 42.5 Å². The summed E-state index contributed by atoms with van der Waals surface area (Å²) in [6.07, 6.45) is 4.79. The van der Waals surface area contributed by atoms with E-state index in [1.165, 1.54) is 18.4 Å². The van der Waals surface area contributed by atoms with Gasteiger partial charge in [-0.05, 0) is 43.4 Å². The molecule has 114 valence electrons. The topological polar surface area (TPSA) is 29.1 Å². The molecule has 3 rings (SSSR count). The molecule has 1 aliphatic rings. The number of hydrogen-bond donors (Lipinski definition) is 1. The number of hydrogen-bond acceptors (Lipinski definition) is 1. The largest absolute Gasteiger partial charge is 0.326 e. The van der Waals surface area contributed by atoms with Crippen LogP contribution in [0.4, 0.5) is 5.69 Å². The van der Waals surface area contributed by atoms with Crippen molar-refractivity contribution in [3.05, 3.63) is 65.7 Å². The predicted molar refractivity (Wildman–Crippen MR) is 90.9 cm³/mol. The van der Waals surface area contributed by atoms with E-state index in [0.29, 0.717) is 5.92 Å². The van der Waals surface area contributed by atoms with Gasteiger partial charge in [-0.3, -0.25) is 4.79 Å². The van der Waals surface area contributed by atoms with Crippen LogP contribution in [0.15, 0.2) is 54.6 Å². The lowest BCUT2D eigenvalue weighted by Gasteiger charge is -2.23. The number of carbonyl (C=O) groups excluding carboxylic acids is 1. The van der Waals surface area contributed by atoms with E-state index in [2.05, 4.69) is 24.4 Å². The van der Waals surface area contributed by atoms with Gasteiger partial charge in [-0.15, -0.1) is 0 Å². The fraction of sp³-hybridized carbons (Fsp3) is 0.350. The molecule has 0 aliphatic heterocycles. The molecule has 1 atom stereocenters. The molecule has 0 aromatic heterocycles. The predicted octanol–water partition coefficient (Wildman–Crippen LogP) is 4.91. The van der Waals surface area contributed by atoms with Crippen molar-refractivity contribution in [2.45, 2.75) is 38.5 Å². The molecular weight excluding hydrogens is 270 g/mol. The van der Waals surface area contributed by atoms with E-state index in [1.54, 1.807) is 0 Å². The average molecular weight is 293 g/mol. The molecule has 0 radical (unpaired) electrons. The number of rotatable bonds is 4. The second-order valence-corrected chi connectivity index (χ2v) is 6.29. The summed E-state index contributed by atoms with van der Waals surface area (Å²) in [6.45, 7) is 2.05. The summed E-state index contributed by atoms with van der Waals surface area (Å²) in [5.74, 6) is 0.555. The van der Waals surface area contributed by atoms with Crippen molar-refractivity contribution in [1.29, 1.82) is 0 Å². The summed E-state index contributed by atoms with van der Waals surface area (Å²) >= 11 is 0. The molecule has 0 saturated heterocycles. The summed E-state index contributed by atoms with van der Waals surface area (Å²) in [4.78, 5) is 12.9. The minimum absolute atomic E-state index is 0.0370. The van der Waals surface area contributed by atoms with Crippen LogP contribution in [0.3, 0.4) is 0 Å². The van der Waals surface area contributed by atoms with E-state index in [4.69, 9.17) is 0 Å². The highest BCUT2D eigenvalue weighted by Gasteiger charge is 2.31. The van der Waals surface area contributed by atoms with Gasteiger partial charge < -0.3 is 5.32 Å². The van der Waals surface area contributed by atoms with E-state index < -0.39 is 0 Å². The van der Waals surface area contributed by atoms with Gasteiger partial charge in [0.1, 0.15) is 0 Å². The Morgan fingerprint density at radius 1 is 1.00 bits per heavy atom. The summed E-state index contributed by atoms with van der Waals surface area (Å²) in [5.41, 5.74) is 3.22. The van der Waals surface area contributed by atoms with Gasteiger partial charge in [0.2, 0.25) is 5.91 Å². The Labute approximate surface area is 132 Å². The highest BCUT2D eigenvalue weighted by Crippen LogP contribution is 2.38. The van der Waals surface area contributed by atoms with Crippen LogP contribution in [0.5, 0.6) is 0 Å². The zero-order chi connectivity index (χ0) is 15.4. The number of benzene rings is 2. The molecule has 0 heterocycles. The fourth-order valence-corrected chi connectivity index (χ4v) is 3.45. The first-order chi connectivity index (χ1) is 10.7. The third-order valence-electron chi connectivity index (χ3n) is 4.63. The molecule has 2 nitrogen and oxygen atoms in total. The molecule has 1 fully saturated rings. The van der Waals surface area contributed by atoms with E-state index in [0.717, 1.165) is 24.1 Å². The van der Waals surface area contributed by atoms with Crippen LogP contribution in [0.2, 0.25) is 0 Å². The second kappa shape index (κ2) is 6.78. The van der Waals surface area contributed by atoms with Crippen LogP contribution in [0.25, 0.3) is 0 Å². The maximum absolute atomic E-state index is 12.9. The molecule has 0 bridgehead atoms. The first kappa shape index (κ1) is 14.8. The van der Waals surface area contributed by atoms with Crippen molar-refractivity contribution in [1.82, 2.24) is 0 Å². The Kier molecular flexibility index (Phi) is 4.57. The zero-order valence-corrected chi connectivity index (χ0v) is 13.1. The van der Waals surface area contributed by atoms with Gasteiger partial charge in [-0.2, -0.15) is 0 Å². The van der Waals surface area contributed by atoms with E-state index >= 15 is 0 Å². The van der Waals surface area contributed by atoms with Crippen molar-refractivity contribution in [2.24, 2.45) is 5.92 Å². The molecule has 2 aromatic rings. The minimum Gasteiger partial charge on any atom is -0.326 e. The van der Waals surface area contributed by atoms with Crippen LogP contribution >= 0.6 is 0 Å². The van der Waals surface area contributed by atoms with E-state index in [-0.39, 0.29) is 11.8 Å². The third-order valence-corrected chi connectivity index (χ3v) is 4.63. The number of carbonyl (C=O) groups is 1. The Hall–Kier alpha value is -2.09. The SMILES string of the molecule is Cc1ccc(NC(=O)[C@H](c2ccccc2)C2CCCC2)cc1. The molecular formula is C20H23NO. The molecule has 0 spiro atoms. The highest BCUT2D eigenvalue weighted by molar-refractivity contribution is 5.96.